The van der Waals surface area contributed by atoms with Gasteiger partial charge in [-0.15, -0.1) is 12.4 Å². The second kappa shape index (κ2) is 20.8. The molecule has 0 unspecified atom stereocenters. The van der Waals surface area contributed by atoms with Gasteiger partial charge >= 0.3 is 23.9 Å². The molecule has 6 aliphatic heterocycles. The van der Waals surface area contributed by atoms with E-state index < -0.39 is 0 Å². The molecule has 0 amide bonds. The van der Waals surface area contributed by atoms with Gasteiger partial charge in [0, 0.05) is 123 Å². The molecule has 3 aromatic heterocycles. The van der Waals surface area contributed by atoms with Crippen molar-refractivity contribution < 1.29 is 38.1 Å². The van der Waals surface area contributed by atoms with Crippen molar-refractivity contribution in [2.75, 3.05) is 53.1 Å². The fourth-order valence-corrected chi connectivity index (χ4v) is 8.68. The van der Waals surface area contributed by atoms with Crippen molar-refractivity contribution >= 4 is 105 Å². The predicted octanol–water partition coefficient (Wildman–Crippen LogP) is 8.01. The number of nitrogens with zero attached hydrogens (tertiary/aromatic N) is 6. The normalized spacial score (nSPS) is 15.8. The molecule has 0 aromatic carbocycles. The minimum absolute atomic E-state index is 0. The van der Waals surface area contributed by atoms with Crippen LogP contribution in [-0.4, -0.2) is 117 Å². The van der Waals surface area contributed by atoms with Crippen molar-refractivity contribution in [1.29, 1.82) is 0 Å². The molecule has 0 saturated carbocycles. The van der Waals surface area contributed by atoms with Crippen LogP contribution in [0.2, 0.25) is 0 Å². The van der Waals surface area contributed by atoms with Crippen LogP contribution in [0.3, 0.4) is 0 Å². The Kier molecular flexibility index (Phi) is 14.3. The Morgan fingerprint density at radius 3 is 0.884 bits per heavy atom. The quantitative estimate of drug-likeness (QED) is 0.0909. The zero-order valence-electron chi connectivity index (χ0n) is 38.6. The number of aromatic amines is 2. The van der Waals surface area contributed by atoms with Crippen molar-refractivity contribution in [3.63, 3.8) is 0 Å². The molecule has 2 N–H and O–H groups in total. The molecule has 8 bridgehead atoms. The van der Waals surface area contributed by atoms with E-state index in [0.29, 0.717) is 49.0 Å². The highest BCUT2D eigenvalue weighted by Gasteiger charge is 2.25. The van der Waals surface area contributed by atoms with Gasteiger partial charge in [-0.1, -0.05) is 24.3 Å². The lowest BCUT2D eigenvalue weighted by molar-refractivity contribution is -0.145. The zero-order valence-corrected chi connectivity index (χ0v) is 39.4. The second-order valence-corrected chi connectivity index (χ2v) is 16.7. The van der Waals surface area contributed by atoms with Crippen LogP contribution in [0.5, 0.6) is 0 Å². The van der Waals surface area contributed by atoms with E-state index in [1.165, 1.54) is 27.7 Å². The van der Waals surface area contributed by atoms with Crippen LogP contribution in [0.25, 0.3) is 68.7 Å². The number of allylic oxidation sites excluding steroid dienone is 8. The molecule has 0 fully saturated rings. The first-order valence-corrected chi connectivity index (χ1v) is 22.1. The average molecular weight is 951 g/mol. The number of hydrogen-bond acceptors (Lipinski definition) is 14. The first kappa shape index (κ1) is 47.4. The first-order chi connectivity index (χ1) is 32.9. The largest absolute Gasteiger partial charge is 0.444 e. The molecule has 354 valence electrons. The van der Waals surface area contributed by atoms with Crippen molar-refractivity contribution in [3.05, 3.63) is 143 Å². The van der Waals surface area contributed by atoms with Crippen LogP contribution < -0.4 is 0 Å². The molecule has 3 aromatic rings. The first-order valence-electron chi connectivity index (χ1n) is 22.1. The Hall–Kier alpha value is -8.11. The summed E-state index contributed by atoms with van der Waals surface area (Å²) in [4.78, 5) is 73.6. The number of halogens is 1. The van der Waals surface area contributed by atoms with E-state index in [0.717, 1.165) is 66.6 Å². The van der Waals surface area contributed by atoms with Crippen LogP contribution in [0.1, 0.15) is 72.7 Å². The van der Waals surface area contributed by atoms with Gasteiger partial charge in [-0.2, -0.15) is 0 Å². The highest BCUT2D eigenvalue weighted by molar-refractivity contribution is 5.97. The summed E-state index contributed by atoms with van der Waals surface area (Å²) in [7, 11) is 0. The van der Waals surface area contributed by atoms with Crippen LogP contribution in [0.4, 0.5) is 0 Å². The summed E-state index contributed by atoms with van der Waals surface area (Å²) in [6.45, 7) is 7.60. The topological polar surface area (TPSA) is 176 Å². The van der Waals surface area contributed by atoms with E-state index in [9.17, 15) is 19.2 Å². The maximum Gasteiger partial charge on any atom is 0.304 e. The SMILES string of the molecule is CC(=O)OCN1C=CC=C(c2c3nc(c(C4=CC=CN(COC(C)=O)C4)c4ccc([nH]4)c(C4=CC=CN(COC(C)=O)C4)c4nc(c(C5=CC=CN(COC(C)=O)C5)c5ccc2[nH]5)C=C4)C=C3)C1.Cl. The van der Waals surface area contributed by atoms with E-state index in [4.69, 9.17) is 28.9 Å². The van der Waals surface area contributed by atoms with Crippen molar-refractivity contribution in [2.45, 2.75) is 27.7 Å². The molecule has 17 heteroatoms. The highest BCUT2D eigenvalue weighted by atomic mass is 35.5. The minimum atomic E-state index is -0.374. The predicted molar refractivity (Wildman–Crippen MR) is 268 cm³/mol. The van der Waals surface area contributed by atoms with Gasteiger partial charge in [0.1, 0.15) is 0 Å². The van der Waals surface area contributed by atoms with Gasteiger partial charge in [0.25, 0.3) is 0 Å². The number of nitrogens with one attached hydrogen (secondary N) is 2. The molecule has 9 heterocycles. The Balaban J connectivity index is 0.00000642. The molecule has 0 radical (unpaired) electrons. The third-order valence-corrected chi connectivity index (χ3v) is 11.6. The summed E-state index contributed by atoms with van der Waals surface area (Å²) in [5.74, 6) is -1.50. The number of aromatic nitrogens is 4. The molecular weight excluding hydrogens is 900 g/mol. The third-order valence-electron chi connectivity index (χ3n) is 11.6. The molecule has 69 heavy (non-hydrogen) atoms. The van der Waals surface area contributed by atoms with Crippen molar-refractivity contribution in [2.24, 2.45) is 0 Å². The number of ether oxygens (including phenoxy) is 4. The number of carbonyl (C=O) groups is 4. The van der Waals surface area contributed by atoms with Crippen LogP contribution in [0.15, 0.2) is 97.7 Å². The Morgan fingerprint density at radius 2 is 0.667 bits per heavy atom. The summed E-state index contributed by atoms with van der Waals surface area (Å²) in [6, 6.07) is 8.18. The maximum absolute atomic E-state index is 11.9. The fraction of sp³-hybridized carbons (Fsp3) is 0.231. The summed E-state index contributed by atoms with van der Waals surface area (Å²) < 4.78 is 21.7. The van der Waals surface area contributed by atoms with Gasteiger partial charge in [-0.25, -0.2) is 9.97 Å². The maximum atomic E-state index is 11.9. The van der Waals surface area contributed by atoms with Gasteiger partial charge in [0.2, 0.25) is 0 Å². The third kappa shape index (κ3) is 10.9. The zero-order chi connectivity index (χ0) is 47.3. The number of rotatable bonds is 12. The van der Waals surface area contributed by atoms with Crippen LogP contribution in [-0.2, 0) is 38.1 Å². The Labute approximate surface area is 404 Å². The molecule has 16 nitrogen and oxygen atoms in total. The van der Waals surface area contributed by atoms with Gasteiger partial charge in [0.05, 0.1) is 22.8 Å². The lowest BCUT2D eigenvalue weighted by Crippen LogP contribution is -2.26. The van der Waals surface area contributed by atoms with E-state index >= 15 is 0 Å². The lowest BCUT2D eigenvalue weighted by Gasteiger charge is -2.25. The van der Waals surface area contributed by atoms with E-state index in [1.54, 1.807) is 0 Å². The summed E-state index contributed by atoms with van der Waals surface area (Å²) in [5.41, 5.74) is 13.2. The van der Waals surface area contributed by atoms with Gasteiger partial charge in [0.15, 0.2) is 26.9 Å². The Bertz CT molecular complexity index is 2690. The molecule has 0 atom stereocenters. The van der Waals surface area contributed by atoms with Crippen LogP contribution in [0, 0.1) is 0 Å². The smallest absolute Gasteiger partial charge is 0.304 e. The second-order valence-electron chi connectivity index (χ2n) is 16.7. The monoisotopic (exact) mass is 950 g/mol. The van der Waals surface area contributed by atoms with Crippen molar-refractivity contribution in [3.8, 4) is 0 Å². The van der Waals surface area contributed by atoms with E-state index in [2.05, 4.69) is 9.97 Å². The summed E-state index contributed by atoms with van der Waals surface area (Å²) in [5, 5.41) is 0. The van der Waals surface area contributed by atoms with Gasteiger partial charge in [-0.3, -0.25) is 19.2 Å². The molecule has 0 saturated heterocycles. The van der Waals surface area contributed by atoms with E-state index in [1.807, 2.05) is 142 Å². The fourth-order valence-electron chi connectivity index (χ4n) is 8.68. The average Bonchev–Trinajstić information content (AvgIpc) is 4.18. The number of hydrogen-bond donors (Lipinski definition) is 2. The van der Waals surface area contributed by atoms with Gasteiger partial charge in [-0.05, 0) is 95.2 Å². The number of H-pyrrole nitrogens is 2. The van der Waals surface area contributed by atoms with Crippen molar-refractivity contribution in [1.82, 2.24) is 39.5 Å². The Morgan fingerprint density at radius 1 is 0.435 bits per heavy atom. The molecule has 6 aliphatic rings. The highest BCUT2D eigenvalue weighted by Crippen LogP contribution is 2.37. The number of carbonyl (C=O) groups excluding carboxylic acids is 4. The molecule has 0 aliphatic carbocycles. The molecule has 0 spiro atoms. The number of fused-ring (bicyclic) bond motifs is 8. The standard InChI is InChI=1S/C52H50N8O8.ClH/c1-33(61)65-29-57-21-5-9-37(25-57)49-41-13-15-43(53-41)50(38-10-6-22-58(26-38)30-66-34(2)62)45-17-19-47(55-45)52(40-12-8-24-60(28-40)32-68-36(4)64)48-20-18-46(56-48)51(44-16-14-42(49)54-44)39-11-7-23-59(27-39)31-67-35(3)63;/h5-24,53,56H,25-32H2,1-4H3;1H. The minimum Gasteiger partial charge on any atom is -0.444 e. The summed E-state index contributed by atoms with van der Waals surface area (Å²) >= 11 is 0. The summed E-state index contributed by atoms with van der Waals surface area (Å²) in [6.07, 6.45) is 31.6. The molecular formula is C52H51ClN8O8. The lowest BCUT2D eigenvalue weighted by atomic mass is 10.0. The molecule has 9 rings (SSSR count). The van der Waals surface area contributed by atoms with Gasteiger partial charge < -0.3 is 48.5 Å². The van der Waals surface area contributed by atoms with E-state index in [-0.39, 0.29) is 63.2 Å². The van der Waals surface area contributed by atoms with Crippen LogP contribution >= 0.6 is 12.4 Å². The number of esters is 4.